The van der Waals surface area contributed by atoms with Crippen LogP contribution in [0, 0.1) is 6.92 Å². The number of hydrogen-bond donors (Lipinski definition) is 0. The van der Waals surface area contributed by atoms with Gasteiger partial charge in [0.15, 0.2) is 0 Å². The zero-order chi connectivity index (χ0) is 14.1. The number of amides is 1. The molecule has 1 amide bonds. The second kappa shape index (κ2) is 5.13. The van der Waals surface area contributed by atoms with Crippen molar-refractivity contribution in [2.24, 2.45) is 0 Å². The van der Waals surface area contributed by atoms with Gasteiger partial charge in [-0.15, -0.1) is 0 Å². The maximum absolute atomic E-state index is 12.0. The van der Waals surface area contributed by atoms with Crippen LogP contribution in [0.2, 0.25) is 0 Å². The Kier molecular flexibility index (Phi) is 3.31. The summed E-state index contributed by atoms with van der Waals surface area (Å²) in [5.41, 5.74) is 0.287. The quantitative estimate of drug-likeness (QED) is 0.866. The van der Waals surface area contributed by atoms with Gasteiger partial charge < -0.3 is 14.1 Å². The predicted molar refractivity (Wildman–Crippen MR) is 74.4 cm³/mol. The molecule has 0 atom stereocenters. The molecular weight excluding hydrogens is 278 g/mol. The summed E-state index contributed by atoms with van der Waals surface area (Å²) in [4.78, 5) is 25.0. The summed E-state index contributed by atoms with van der Waals surface area (Å²) < 4.78 is 10.5. The lowest BCUT2D eigenvalue weighted by Gasteiger charge is -2.38. The number of nitrogens with zero attached hydrogens (tertiary/aromatic N) is 1. The molecule has 5 nitrogen and oxygen atoms in total. The highest BCUT2D eigenvalue weighted by molar-refractivity contribution is 7.08. The minimum atomic E-state index is -0.425. The van der Waals surface area contributed by atoms with Crippen molar-refractivity contribution in [2.45, 2.75) is 13.0 Å². The van der Waals surface area contributed by atoms with Crippen LogP contribution in [0.25, 0.3) is 0 Å². The Morgan fingerprint density at radius 1 is 1.45 bits per heavy atom. The molecule has 0 saturated carbocycles. The van der Waals surface area contributed by atoms with Gasteiger partial charge >= 0.3 is 5.63 Å². The molecule has 0 radical (unpaired) electrons. The molecule has 1 aliphatic heterocycles. The van der Waals surface area contributed by atoms with Crippen molar-refractivity contribution in [3.05, 3.63) is 50.7 Å². The van der Waals surface area contributed by atoms with E-state index in [4.69, 9.17) is 9.15 Å². The number of rotatable bonds is 3. The van der Waals surface area contributed by atoms with Crippen molar-refractivity contribution in [3.8, 4) is 5.75 Å². The molecule has 1 saturated heterocycles. The largest absolute Gasteiger partial charge is 0.486 e. The van der Waals surface area contributed by atoms with Gasteiger partial charge in [0.1, 0.15) is 17.6 Å². The number of aryl methyl sites for hydroxylation is 1. The van der Waals surface area contributed by atoms with Gasteiger partial charge in [0, 0.05) is 11.4 Å². The standard InChI is InChI=1S/C14H13NO4S/c1-9-4-11(5-13(16)18-9)19-12-6-15(7-12)14(17)10-2-3-20-8-10/h2-5,8,12H,6-7H2,1H3. The summed E-state index contributed by atoms with van der Waals surface area (Å²) in [6.07, 6.45) is -0.0706. The van der Waals surface area contributed by atoms with E-state index in [1.54, 1.807) is 17.9 Å². The van der Waals surface area contributed by atoms with Gasteiger partial charge in [0.25, 0.3) is 5.91 Å². The normalized spacial score (nSPS) is 14.9. The molecule has 0 bridgehead atoms. The molecule has 2 aromatic heterocycles. The summed E-state index contributed by atoms with van der Waals surface area (Å²) in [5, 5.41) is 3.72. The van der Waals surface area contributed by atoms with E-state index in [1.165, 1.54) is 17.4 Å². The minimum Gasteiger partial charge on any atom is -0.486 e. The average molecular weight is 291 g/mol. The lowest BCUT2D eigenvalue weighted by atomic mass is 10.1. The molecule has 6 heteroatoms. The maximum atomic E-state index is 12.0. The Bertz CT molecular complexity index is 671. The van der Waals surface area contributed by atoms with E-state index in [9.17, 15) is 9.59 Å². The first-order chi connectivity index (χ1) is 9.61. The van der Waals surface area contributed by atoms with E-state index in [-0.39, 0.29) is 12.0 Å². The Morgan fingerprint density at radius 2 is 2.25 bits per heavy atom. The molecule has 2 aromatic rings. The molecule has 0 aromatic carbocycles. The molecule has 1 aliphatic rings. The second-order valence-electron chi connectivity index (χ2n) is 4.68. The zero-order valence-electron chi connectivity index (χ0n) is 10.9. The molecule has 20 heavy (non-hydrogen) atoms. The summed E-state index contributed by atoms with van der Waals surface area (Å²) >= 11 is 1.50. The highest BCUT2D eigenvalue weighted by atomic mass is 32.1. The zero-order valence-corrected chi connectivity index (χ0v) is 11.7. The lowest BCUT2D eigenvalue weighted by Crippen LogP contribution is -2.56. The number of carbonyl (C=O) groups excluding carboxylic acids is 1. The highest BCUT2D eigenvalue weighted by Crippen LogP contribution is 2.20. The topological polar surface area (TPSA) is 59.8 Å². The fourth-order valence-corrected chi connectivity index (χ4v) is 2.71. The smallest absolute Gasteiger partial charge is 0.339 e. The third-order valence-corrected chi connectivity index (χ3v) is 3.76. The predicted octanol–water partition coefficient (Wildman–Crippen LogP) is 1.91. The Balaban J connectivity index is 1.58. The van der Waals surface area contributed by atoms with E-state index in [0.717, 1.165) is 0 Å². The third kappa shape index (κ3) is 2.60. The van der Waals surface area contributed by atoms with Crippen molar-refractivity contribution in [3.63, 3.8) is 0 Å². The van der Waals surface area contributed by atoms with Gasteiger partial charge in [-0.05, 0) is 18.4 Å². The highest BCUT2D eigenvalue weighted by Gasteiger charge is 2.33. The van der Waals surface area contributed by atoms with Crippen LogP contribution in [0.1, 0.15) is 16.1 Å². The minimum absolute atomic E-state index is 0.0230. The van der Waals surface area contributed by atoms with Gasteiger partial charge in [-0.1, -0.05) is 0 Å². The molecule has 104 valence electrons. The SMILES string of the molecule is Cc1cc(OC2CN(C(=O)c3ccsc3)C2)cc(=O)o1. The van der Waals surface area contributed by atoms with Crippen molar-refractivity contribution < 1.29 is 13.9 Å². The van der Waals surface area contributed by atoms with Crippen LogP contribution in [0.4, 0.5) is 0 Å². The Labute approximate surface area is 119 Å². The number of likely N-dealkylation sites (tertiary alicyclic amines) is 1. The number of carbonyl (C=O) groups is 1. The van der Waals surface area contributed by atoms with E-state index in [1.807, 2.05) is 16.8 Å². The van der Waals surface area contributed by atoms with Crippen molar-refractivity contribution >= 4 is 17.2 Å². The molecule has 3 heterocycles. The van der Waals surface area contributed by atoms with Gasteiger partial charge in [-0.25, -0.2) is 4.79 Å². The van der Waals surface area contributed by atoms with Gasteiger partial charge in [-0.3, -0.25) is 4.79 Å². The average Bonchev–Trinajstić information content (AvgIpc) is 2.85. The van der Waals surface area contributed by atoms with Gasteiger partial charge in [0.2, 0.25) is 0 Å². The molecular formula is C14H13NO4S. The fraction of sp³-hybridized carbons (Fsp3) is 0.286. The van der Waals surface area contributed by atoms with Crippen molar-refractivity contribution in [1.82, 2.24) is 4.90 Å². The first-order valence-corrected chi connectivity index (χ1v) is 7.16. The molecule has 0 N–H and O–H groups in total. The van der Waals surface area contributed by atoms with E-state index < -0.39 is 5.63 Å². The van der Waals surface area contributed by atoms with Gasteiger partial charge in [0.05, 0.1) is 24.7 Å². The van der Waals surface area contributed by atoms with Crippen LogP contribution in [0.15, 0.2) is 38.2 Å². The van der Waals surface area contributed by atoms with Crippen LogP contribution < -0.4 is 10.4 Å². The lowest BCUT2D eigenvalue weighted by molar-refractivity contribution is 0.0175. The summed E-state index contributed by atoms with van der Waals surface area (Å²) in [5.74, 6) is 1.03. The van der Waals surface area contributed by atoms with Crippen molar-refractivity contribution in [1.29, 1.82) is 0 Å². The molecule has 3 rings (SSSR count). The van der Waals surface area contributed by atoms with Crippen LogP contribution in [-0.2, 0) is 0 Å². The molecule has 0 unspecified atom stereocenters. The summed E-state index contributed by atoms with van der Waals surface area (Å²) in [6.45, 7) is 2.77. The third-order valence-electron chi connectivity index (χ3n) is 3.07. The van der Waals surface area contributed by atoms with Crippen LogP contribution in [-0.4, -0.2) is 30.0 Å². The van der Waals surface area contributed by atoms with E-state index >= 15 is 0 Å². The molecule has 0 aliphatic carbocycles. The van der Waals surface area contributed by atoms with Crippen LogP contribution >= 0.6 is 11.3 Å². The van der Waals surface area contributed by atoms with Gasteiger partial charge in [-0.2, -0.15) is 11.3 Å². The summed E-state index contributed by atoms with van der Waals surface area (Å²) in [6, 6.07) is 4.80. The maximum Gasteiger partial charge on any atom is 0.339 e. The van der Waals surface area contributed by atoms with E-state index in [0.29, 0.717) is 30.2 Å². The van der Waals surface area contributed by atoms with Crippen molar-refractivity contribution in [2.75, 3.05) is 13.1 Å². The molecule has 1 fully saturated rings. The Hall–Kier alpha value is -2.08. The first-order valence-electron chi connectivity index (χ1n) is 6.22. The Morgan fingerprint density at radius 3 is 2.90 bits per heavy atom. The van der Waals surface area contributed by atoms with Crippen LogP contribution in [0.5, 0.6) is 5.75 Å². The molecule has 0 spiro atoms. The second-order valence-corrected chi connectivity index (χ2v) is 5.46. The number of thiophene rings is 1. The first kappa shape index (κ1) is 12.9. The van der Waals surface area contributed by atoms with E-state index in [2.05, 4.69) is 0 Å². The number of ether oxygens (including phenoxy) is 1. The monoisotopic (exact) mass is 291 g/mol. The van der Waals surface area contributed by atoms with Crippen LogP contribution in [0.3, 0.4) is 0 Å². The fourth-order valence-electron chi connectivity index (χ4n) is 2.08. The summed E-state index contributed by atoms with van der Waals surface area (Å²) in [7, 11) is 0. The number of hydrogen-bond acceptors (Lipinski definition) is 5.